The molecule has 0 bridgehead atoms. The van der Waals surface area contributed by atoms with Gasteiger partial charge in [0.15, 0.2) is 0 Å². The first-order valence-corrected chi connectivity index (χ1v) is 6.68. The molecule has 2 fully saturated rings. The Morgan fingerprint density at radius 1 is 1.30 bits per heavy atom. The Labute approximate surface area is 116 Å². The van der Waals surface area contributed by atoms with E-state index < -0.39 is 6.04 Å². The Balaban J connectivity index is 1.87. The average Bonchev–Trinajstić information content (AvgIpc) is 3.21. The van der Waals surface area contributed by atoms with Crippen LogP contribution in [0.4, 0.5) is 11.6 Å². The van der Waals surface area contributed by atoms with Crippen molar-refractivity contribution in [3.8, 4) is 0 Å². The third kappa shape index (κ3) is 2.09. The standard InChI is InChI=1S/C13H17N5O2/c1-6-10(14)16-12(7-3-4-7)17-11(6)15-8-5-9(19)18(2)13(8)20/h7-8H,3-5H2,1-2H3,(H3,14,15,16,17). The predicted octanol–water partition coefficient (Wildman–Crippen LogP) is 0.414. The largest absolute Gasteiger partial charge is 0.383 e. The minimum Gasteiger partial charge on any atom is -0.383 e. The van der Waals surface area contributed by atoms with E-state index in [2.05, 4.69) is 15.3 Å². The minimum absolute atomic E-state index is 0.150. The highest BCUT2D eigenvalue weighted by Crippen LogP contribution is 2.39. The van der Waals surface area contributed by atoms with Crippen molar-refractivity contribution < 1.29 is 9.59 Å². The van der Waals surface area contributed by atoms with Crippen LogP contribution >= 0.6 is 0 Å². The number of aromatic nitrogens is 2. The van der Waals surface area contributed by atoms with Gasteiger partial charge >= 0.3 is 0 Å². The zero-order valence-corrected chi connectivity index (χ0v) is 11.5. The van der Waals surface area contributed by atoms with E-state index in [1.54, 1.807) is 6.92 Å². The molecule has 1 aromatic heterocycles. The Hall–Kier alpha value is -2.18. The van der Waals surface area contributed by atoms with Crippen molar-refractivity contribution in [2.24, 2.45) is 0 Å². The van der Waals surface area contributed by atoms with E-state index in [1.807, 2.05) is 0 Å². The minimum atomic E-state index is -0.562. The van der Waals surface area contributed by atoms with Gasteiger partial charge in [-0.25, -0.2) is 9.97 Å². The molecular weight excluding hydrogens is 258 g/mol. The van der Waals surface area contributed by atoms with E-state index in [4.69, 9.17) is 5.73 Å². The lowest BCUT2D eigenvalue weighted by atomic mass is 10.2. The summed E-state index contributed by atoms with van der Waals surface area (Å²) in [6.07, 6.45) is 2.30. The van der Waals surface area contributed by atoms with E-state index in [1.165, 1.54) is 7.05 Å². The molecule has 2 heterocycles. The second-order valence-electron chi connectivity index (χ2n) is 5.41. The predicted molar refractivity (Wildman–Crippen MR) is 73.0 cm³/mol. The molecule has 7 nitrogen and oxygen atoms in total. The molecule has 1 atom stereocenters. The van der Waals surface area contributed by atoms with Gasteiger partial charge in [-0.3, -0.25) is 14.5 Å². The molecule has 7 heteroatoms. The maximum Gasteiger partial charge on any atom is 0.251 e. The van der Waals surface area contributed by atoms with Crippen LogP contribution in [0, 0.1) is 6.92 Å². The zero-order chi connectivity index (χ0) is 14.4. The van der Waals surface area contributed by atoms with E-state index in [-0.39, 0.29) is 18.2 Å². The molecule has 3 N–H and O–H groups in total. The van der Waals surface area contributed by atoms with Crippen LogP contribution < -0.4 is 11.1 Å². The fraction of sp³-hybridized carbons (Fsp3) is 0.538. The zero-order valence-electron chi connectivity index (χ0n) is 11.5. The third-order valence-electron chi connectivity index (χ3n) is 3.84. The van der Waals surface area contributed by atoms with Gasteiger partial charge in [0.1, 0.15) is 23.5 Å². The fourth-order valence-corrected chi connectivity index (χ4v) is 2.25. The molecule has 1 aromatic rings. The maximum absolute atomic E-state index is 11.9. The van der Waals surface area contributed by atoms with Gasteiger partial charge < -0.3 is 11.1 Å². The number of likely N-dealkylation sites (tertiary alicyclic amines) is 1. The quantitative estimate of drug-likeness (QED) is 0.775. The van der Waals surface area contributed by atoms with Crippen molar-refractivity contribution in [2.75, 3.05) is 18.1 Å². The SMILES string of the molecule is Cc1c(N)nc(C2CC2)nc1NC1CC(=O)N(C)C1=O. The molecule has 2 aliphatic rings. The van der Waals surface area contributed by atoms with Gasteiger partial charge in [0.25, 0.3) is 5.91 Å². The van der Waals surface area contributed by atoms with Crippen LogP contribution in [0.2, 0.25) is 0 Å². The summed E-state index contributed by atoms with van der Waals surface area (Å²) in [5, 5.41) is 3.04. The summed E-state index contributed by atoms with van der Waals surface area (Å²) in [7, 11) is 1.49. The van der Waals surface area contributed by atoms with Crippen molar-refractivity contribution in [1.82, 2.24) is 14.9 Å². The number of nitrogen functional groups attached to an aromatic ring is 1. The summed E-state index contributed by atoms with van der Waals surface area (Å²) >= 11 is 0. The topological polar surface area (TPSA) is 101 Å². The summed E-state index contributed by atoms with van der Waals surface area (Å²) < 4.78 is 0. The van der Waals surface area contributed by atoms with E-state index in [0.717, 1.165) is 23.6 Å². The summed E-state index contributed by atoms with van der Waals surface area (Å²) in [4.78, 5) is 33.3. The summed E-state index contributed by atoms with van der Waals surface area (Å²) in [5.74, 6) is 1.66. The van der Waals surface area contributed by atoms with Crippen molar-refractivity contribution in [2.45, 2.75) is 38.1 Å². The van der Waals surface area contributed by atoms with Crippen molar-refractivity contribution in [3.05, 3.63) is 11.4 Å². The normalized spacial score (nSPS) is 22.5. The number of rotatable bonds is 3. The Morgan fingerprint density at radius 2 is 2.00 bits per heavy atom. The number of nitrogens with two attached hydrogens (primary N) is 1. The smallest absolute Gasteiger partial charge is 0.251 e. The molecule has 20 heavy (non-hydrogen) atoms. The number of anilines is 2. The number of nitrogens with one attached hydrogen (secondary N) is 1. The highest BCUT2D eigenvalue weighted by Gasteiger charge is 2.37. The molecule has 1 aliphatic heterocycles. The Morgan fingerprint density at radius 3 is 2.55 bits per heavy atom. The lowest BCUT2D eigenvalue weighted by molar-refractivity contribution is -0.136. The molecule has 0 spiro atoms. The second-order valence-corrected chi connectivity index (χ2v) is 5.41. The van der Waals surface area contributed by atoms with E-state index in [0.29, 0.717) is 23.1 Å². The molecule has 1 unspecified atom stereocenters. The lowest BCUT2D eigenvalue weighted by Crippen LogP contribution is -2.32. The van der Waals surface area contributed by atoms with Gasteiger partial charge in [0.2, 0.25) is 5.91 Å². The van der Waals surface area contributed by atoms with Crippen molar-refractivity contribution in [3.63, 3.8) is 0 Å². The van der Waals surface area contributed by atoms with Crippen molar-refractivity contribution >= 4 is 23.5 Å². The van der Waals surface area contributed by atoms with Gasteiger partial charge in [-0.15, -0.1) is 0 Å². The van der Waals surface area contributed by atoms with Crippen LogP contribution in [-0.2, 0) is 9.59 Å². The number of carbonyl (C=O) groups is 2. The third-order valence-corrected chi connectivity index (χ3v) is 3.84. The first-order chi connectivity index (χ1) is 9.47. The van der Waals surface area contributed by atoms with Gasteiger partial charge in [-0.1, -0.05) is 0 Å². The molecular formula is C13H17N5O2. The number of likely N-dealkylation sites (N-methyl/N-ethyl adjacent to an activating group) is 1. The van der Waals surface area contributed by atoms with Gasteiger partial charge in [-0.05, 0) is 19.8 Å². The molecule has 0 aromatic carbocycles. The van der Waals surface area contributed by atoms with Crippen LogP contribution in [-0.4, -0.2) is 39.8 Å². The first-order valence-electron chi connectivity index (χ1n) is 6.68. The molecule has 1 saturated carbocycles. The number of carbonyl (C=O) groups excluding carboxylic acids is 2. The molecule has 1 aliphatic carbocycles. The average molecular weight is 275 g/mol. The van der Waals surface area contributed by atoms with Crippen LogP contribution in [0.25, 0.3) is 0 Å². The molecule has 2 amide bonds. The first kappa shape index (κ1) is 12.8. The van der Waals surface area contributed by atoms with Crippen LogP contribution in [0.1, 0.15) is 36.6 Å². The number of hydrogen-bond donors (Lipinski definition) is 2. The molecule has 0 radical (unpaired) electrons. The molecule has 1 saturated heterocycles. The van der Waals surface area contributed by atoms with Crippen LogP contribution in [0.3, 0.4) is 0 Å². The summed E-state index contributed by atoms with van der Waals surface area (Å²) in [5.41, 5.74) is 6.61. The molecule has 106 valence electrons. The maximum atomic E-state index is 11.9. The fourth-order valence-electron chi connectivity index (χ4n) is 2.25. The second kappa shape index (κ2) is 4.43. The highest BCUT2D eigenvalue weighted by atomic mass is 16.2. The van der Waals surface area contributed by atoms with Gasteiger partial charge in [0, 0.05) is 18.5 Å². The monoisotopic (exact) mass is 275 g/mol. The number of nitrogens with zero attached hydrogens (tertiary/aromatic N) is 3. The van der Waals surface area contributed by atoms with Crippen LogP contribution in [0.5, 0.6) is 0 Å². The van der Waals surface area contributed by atoms with Gasteiger partial charge in [-0.2, -0.15) is 0 Å². The Kier molecular flexibility index (Phi) is 2.84. The lowest BCUT2D eigenvalue weighted by Gasteiger charge is -2.15. The summed E-state index contributed by atoms with van der Waals surface area (Å²) in [6, 6.07) is -0.562. The number of imide groups is 1. The van der Waals surface area contributed by atoms with Crippen LogP contribution in [0.15, 0.2) is 0 Å². The van der Waals surface area contributed by atoms with E-state index >= 15 is 0 Å². The van der Waals surface area contributed by atoms with Crippen molar-refractivity contribution in [1.29, 1.82) is 0 Å². The van der Waals surface area contributed by atoms with E-state index in [9.17, 15) is 9.59 Å². The Bertz CT molecular complexity index is 597. The number of hydrogen-bond acceptors (Lipinski definition) is 6. The van der Waals surface area contributed by atoms with Gasteiger partial charge in [0.05, 0.1) is 6.42 Å². The summed E-state index contributed by atoms with van der Waals surface area (Å²) in [6.45, 7) is 1.80. The molecule has 3 rings (SSSR count). The number of amides is 2. The highest BCUT2D eigenvalue weighted by molar-refractivity contribution is 6.06.